The van der Waals surface area contributed by atoms with Gasteiger partial charge in [0.05, 0.1) is 0 Å². The van der Waals surface area contributed by atoms with Crippen LogP contribution in [0, 0.1) is 26.7 Å². The molecule has 0 heterocycles. The van der Waals surface area contributed by atoms with Crippen LogP contribution in [0.25, 0.3) is 0 Å². The summed E-state index contributed by atoms with van der Waals surface area (Å²) in [5.41, 5.74) is 4.04. The molecule has 0 aromatic heterocycles. The molecule has 0 bridgehead atoms. The third-order valence-electron chi connectivity index (χ3n) is 3.00. The first-order chi connectivity index (χ1) is 8.79. The molecule has 1 atom stereocenters. The molecule has 0 aliphatic carbocycles. The van der Waals surface area contributed by atoms with E-state index in [0.717, 1.165) is 22.4 Å². The van der Waals surface area contributed by atoms with Crippen LogP contribution in [0.2, 0.25) is 0 Å². The molecule has 0 saturated carbocycles. The van der Waals surface area contributed by atoms with Crippen molar-refractivity contribution in [3.8, 4) is 0 Å². The fraction of sp³-hybridized carbons (Fsp3) is 0.467. The lowest BCUT2D eigenvalue weighted by molar-refractivity contribution is -0.138. The minimum absolute atomic E-state index is 0.0132. The third-order valence-corrected chi connectivity index (χ3v) is 3.00. The monoisotopic (exact) mass is 263 g/mol. The highest BCUT2D eigenvalue weighted by Crippen LogP contribution is 2.22. The van der Waals surface area contributed by atoms with Crippen molar-refractivity contribution in [3.05, 3.63) is 28.8 Å². The second-order valence-corrected chi connectivity index (χ2v) is 5.23. The van der Waals surface area contributed by atoms with Crippen molar-refractivity contribution in [2.45, 2.75) is 40.5 Å². The number of carbonyl (C=O) groups is 2. The van der Waals surface area contributed by atoms with Gasteiger partial charge in [0.15, 0.2) is 0 Å². The molecule has 104 valence electrons. The first-order valence-corrected chi connectivity index (χ1v) is 6.39. The Morgan fingerprint density at radius 3 is 2.16 bits per heavy atom. The number of nitrogens with one attached hydrogen (secondary N) is 1. The molecular weight excluding hydrogens is 242 g/mol. The number of rotatable bonds is 5. The largest absolute Gasteiger partial charge is 0.481 e. The van der Waals surface area contributed by atoms with Gasteiger partial charge in [-0.1, -0.05) is 24.6 Å². The van der Waals surface area contributed by atoms with E-state index in [4.69, 9.17) is 5.11 Å². The van der Waals surface area contributed by atoms with Gasteiger partial charge in [0.2, 0.25) is 5.91 Å². The second-order valence-electron chi connectivity index (χ2n) is 5.23. The summed E-state index contributed by atoms with van der Waals surface area (Å²) in [5, 5.41) is 11.6. The molecule has 0 fully saturated rings. The lowest BCUT2D eigenvalue weighted by Crippen LogP contribution is -2.18. The van der Waals surface area contributed by atoms with Crippen molar-refractivity contribution in [2.75, 3.05) is 5.32 Å². The fourth-order valence-electron chi connectivity index (χ4n) is 2.25. The van der Waals surface area contributed by atoms with Gasteiger partial charge in [0.25, 0.3) is 0 Å². The molecule has 1 aromatic carbocycles. The number of carbonyl (C=O) groups excluding carboxylic acids is 1. The minimum atomic E-state index is -0.872. The number of aliphatic carboxylic acids is 1. The number of amides is 1. The Bertz CT molecular complexity index is 471. The zero-order chi connectivity index (χ0) is 14.6. The van der Waals surface area contributed by atoms with E-state index >= 15 is 0 Å². The van der Waals surface area contributed by atoms with E-state index in [1.54, 1.807) is 6.92 Å². The van der Waals surface area contributed by atoms with E-state index in [0.29, 0.717) is 0 Å². The van der Waals surface area contributed by atoms with E-state index in [-0.39, 0.29) is 24.7 Å². The zero-order valence-electron chi connectivity index (χ0n) is 11.9. The van der Waals surface area contributed by atoms with Crippen molar-refractivity contribution in [3.63, 3.8) is 0 Å². The summed E-state index contributed by atoms with van der Waals surface area (Å²) in [5.74, 6) is -1.17. The Labute approximate surface area is 113 Å². The van der Waals surface area contributed by atoms with E-state index in [1.165, 1.54) is 0 Å². The zero-order valence-corrected chi connectivity index (χ0v) is 11.9. The van der Waals surface area contributed by atoms with Crippen molar-refractivity contribution < 1.29 is 14.7 Å². The molecule has 1 rings (SSSR count). The molecule has 1 aromatic rings. The maximum absolute atomic E-state index is 11.9. The maximum atomic E-state index is 11.9. The lowest BCUT2D eigenvalue weighted by atomic mass is 10.0. The smallest absolute Gasteiger partial charge is 0.303 e. The first kappa shape index (κ1) is 15.2. The average Bonchev–Trinajstić information content (AvgIpc) is 2.21. The fourth-order valence-corrected chi connectivity index (χ4v) is 2.25. The van der Waals surface area contributed by atoms with Gasteiger partial charge in [-0.3, -0.25) is 9.59 Å². The van der Waals surface area contributed by atoms with Gasteiger partial charge in [0, 0.05) is 18.5 Å². The standard InChI is InChI=1S/C15H21NO3/c1-9-5-11(3)15(12(4)6-9)16-13(17)7-10(2)8-14(18)19/h5-6,10H,7-8H2,1-4H3,(H,16,17)(H,18,19). The van der Waals surface area contributed by atoms with E-state index < -0.39 is 5.97 Å². The Morgan fingerprint density at radius 1 is 1.16 bits per heavy atom. The number of anilines is 1. The van der Waals surface area contributed by atoms with Gasteiger partial charge in [-0.15, -0.1) is 0 Å². The van der Waals surface area contributed by atoms with Crippen molar-refractivity contribution >= 4 is 17.6 Å². The van der Waals surface area contributed by atoms with Gasteiger partial charge in [-0.25, -0.2) is 0 Å². The SMILES string of the molecule is Cc1cc(C)c(NC(=O)CC(C)CC(=O)O)c(C)c1. The quantitative estimate of drug-likeness (QED) is 0.858. The van der Waals surface area contributed by atoms with Crippen LogP contribution in [-0.2, 0) is 9.59 Å². The van der Waals surface area contributed by atoms with Crippen LogP contribution in [0.5, 0.6) is 0 Å². The number of carboxylic acids is 1. The average molecular weight is 263 g/mol. The Balaban J connectivity index is 2.70. The second kappa shape index (κ2) is 6.36. The summed E-state index contributed by atoms with van der Waals surface area (Å²) in [4.78, 5) is 22.5. The van der Waals surface area contributed by atoms with Crippen LogP contribution >= 0.6 is 0 Å². The van der Waals surface area contributed by atoms with Gasteiger partial charge in [-0.2, -0.15) is 0 Å². The summed E-state index contributed by atoms with van der Waals surface area (Å²) >= 11 is 0. The molecule has 0 aliphatic rings. The van der Waals surface area contributed by atoms with Crippen LogP contribution in [0.1, 0.15) is 36.5 Å². The van der Waals surface area contributed by atoms with Crippen LogP contribution in [-0.4, -0.2) is 17.0 Å². The number of carboxylic acid groups (broad SMARTS) is 1. The molecule has 4 nitrogen and oxygen atoms in total. The summed E-state index contributed by atoms with van der Waals surface area (Å²) in [6.45, 7) is 7.69. The minimum Gasteiger partial charge on any atom is -0.481 e. The van der Waals surface area contributed by atoms with Crippen molar-refractivity contribution in [2.24, 2.45) is 5.92 Å². The molecule has 0 aliphatic heterocycles. The Morgan fingerprint density at radius 2 is 1.68 bits per heavy atom. The number of aryl methyl sites for hydroxylation is 3. The highest BCUT2D eigenvalue weighted by molar-refractivity contribution is 5.92. The van der Waals surface area contributed by atoms with Crippen LogP contribution in [0.4, 0.5) is 5.69 Å². The number of hydrogen-bond acceptors (Lipinski definition) is 2. The van der Waals surface area contributed by atoms with Crippen LogP contribution in [0.3, 0.4) is 0 Å². The molecular formula is C15H21NO3. The first-order valence-electron chi connectivity index (χ1n) is 6.39. The molecule has 1 unspecified atom stereocenters. The molecule has 19 heavy (non-hydrogen) atoms. The lowest BCUT2D eigenvalue weighted by Gasteiger charge is -2.14. The van der Waals surface area contributed by atoms with E-state index in [9.17, 15) is 9.59 Å². The third kappa shape index (κ3) is 4.73. The van der Waals surface area contributed by atoms with Crippen LogP contribution in [0.15, 0.2) is 12.1 Å². The van der Waals surface area contributed by atoms with Crippen LogP contribution < -0.4 is 5.32 Å². The highest BCUT2D eigenvalue weighted by Gasteiger charge is 2.14. The summed E-state index contributed by atoms with van der Waals surface area (Å²) < 4.78 is 0. The van der Waals surface area contributed by atoms with Crippen molar-refractivity contribution in [1.82, 2.24) is 0 Å². The maximum Gasteiger partial charge on any atom is 0.303 e. The predicted molar refractivity (Wildman–Crippen MR) is 75.3 cm³/mol. The summed E-state index contributed by atoms with van der Waals surface area (Å²) in [6, 6.07) is 4.03. The van der Waals surface area contributed by atoms with E-state index in [1.807, 2.05) is 32.9 Å². The number of hydrogen-bond donors (Lipinski definition) is 2. The summed E-state index contributed by atoms with van der Waals surface area (Å²) in [6.07, 6.45) is 0.234. The normalized spacial score (nSPS) is 12.0. The molecule has 0 spiro atoms. The predicted octanol–water partition coefficient (Wildman–Crippen LogP) is 3.05. The Kier molecular flexibility index (Phi) is 5.10. The molecule has 4 heteroatoms. The highest BCUT2D eigenvalue weighted by atomic mass is 16.4. The summed E-state index contributed by atoms with van der Waals surface area (Å²) in [7, 11) is 0. The Hall–Kier alpha value is -1.84. The topological polar surface area (TPSA) is 66.4 Å². The number of benzene rings is 1. The van der Waals surface area contributed by atoms with Gasteiger partial charge in [-0.05, 0) is 37.8 Å². The van der Waals surface area contributed by atoms with E-state index in [2.05, 4.69) is 5.32 Å². The molecule has 0 radical (unpaired) electrons. The molecule has 2 N–H and O–H groups in total. The van der Waals surface area contributed by atoms with Crippen molar-refractivity contribution in [1.29, 1.82) is 0 Å². The van der Waals surface area contributed by atoms with Gasteiger partial charge in [0.1, 0.15) is 0 Å². The molecule has 0 saturated heterocycles. The van der Waals surface area contributed by atoms with Gasteiger partial charge < -0.3 is 10.4 Å². The van der Waals surface area contributed by atoms with Gasteiger partial charge >= 0.3 is 5.97 Å². The molecule has 1 amide bonds.